The van der Waals surface area contributed by atoms with Gasteiger partial charge in [0.25, 0.3) is 10.0 Å². The summed E-state index contributed by atoms with van der Waals surface area (Å²) in [6.07, 6.45) is -3.19. The van der Waals surface area contributed by atoms with Gasteiger partial charge < -0.3 is 0 Å². The molecule has 2 rings (SSSR count). The standard InChI is InChI=1S/C10H12F3N3O3S/c1-9(3-4-9)8(17)15-20(18,19)6-5-16(2)14-7(6)10(11,12)13/h5H,3-4H2,1-2H3,(H,15,17). The molecule has 20 heavy (non-hydrogen) atoms. The topological polar surface area (TPSA) is 81.1 Å². The van der Waals surface area contributed by atoms with Crippen LogP contribution in [0, 0.1) is 5.41 Å². The maximum absolute atomic E-state index is 12.7. The zero-order valence-corrected chi connectivity index (χ0v) is 11.5. The minimum absolute atomic E-state index is 0.507. The number of amides is 1. The van der Waals surface area contributed by atoms with E-state index in [0.717, 1.165) is 11.7 Å². The first-order valence-electron chi connectivity index (χ1n) is 5.64. The normalized spacial score (nSPS) is 17.9. The SMILES string of the molecule is Cn1cc(S(=O)(=O)NC(=O)C2(C)CC2)c(C(F)(F)F)n1. The summed E-state index contributed by atoms with van der Waals surface area (Å²) in [6, 6.07) is 0. The molecule has 0 atom stereocenters. The van der Waals surface area contributed by atoms with Gasteiger partial charge in [-0.2, -0.15) is 18.3 Å². The summed E-state index contributed by atoms with van der Waals surface area (Å²) >= 11 is 0. The largest absolute Gasteiger partial charge is 0.436 e. The second kappa shape index (κ2) is 4.21. The molecule has 0 spiro atoms. The number of carbonyl (C=O) groups excluding carboxylic acids is 1. The number of aryl methyl sites for hydroxylation is 1. The minimum Gasteiger partial charge on any atom is -0.274 e. The van der Waals surface area contributed by atoms with Crippen molar-refractivity contribution in [3.8, 4) is 0 Å². The summed E-state index contributed by atoms with van der Waals surface area (Å²) in [4.78, 5) is 10.6. The maximum Gasteiger partial charge on any atom is 0.436 e. The minimum atomic E-state index is -4.92. The van der Waals surface area contributed by atoms with Gasteiger partial charge in [-0.1, -0.05) is 6.92 Å². The lowest BCUT2D eigenvalue weighted by Crippen LogP contribution is -2.36. The second-order valence-corrected chi connectivity index (χ2v) is 6.66. The quantitative estimate of drug-likeness (QED) is 0.904. The van der Waals surface area contributed by atoms with Gasteiger partial charge in [-0.15, -0.1) is 0 Å². The Balaban J connectivity index is 2.37. The van der Waals surface area contributed by atoms with Gasteiger partial charge in [0.15, 0.2) is 5.69 Å². The van der Waals surface area contributed by atoms with Crippen molar-refractivity contribution < 1.29 is 26.4 Å². The van der Waals surface area contributed by atoms with Crippen molar-refractivity contribution in [3.05, 3.63) is 11.9 Å². The monoisotopic (exact) mass is 311 g/mol. The molecule has 1 aliphatic rings. The number of carbonyl (C=O) groups is 1. The molecule has 1 aliphatic carbocycles. The molecule has 0 saturated heterocycles. The lowest BCUT2D eigenvalue weighted by molar-refractivity contribution is -0.143. The average molecular weight is 311 g/mol. The molecule has 1 aromatic rings. The Morgan fingerprint density at radius 3 is 2.45 bits per heavy atom. The van der Waals surface area contributed by atoms with Gasteiger partial charge in [-0.3, -0.25) is 9.48 Å². The zero-order chi connectivity index (χ0) is 15.3. The average Bonchev–Trinajstić information content (AvgIpc) is 2.87. The summed E-state index contributed by atoms with van der Waals surface area (Å²) in [6.45, 7) is 1.55. The van der Waals surface area contributed by atoms with Crippen molar-refractivity contribution in [2.75, 3.05) is 0 Å². The van der Waals surface area contributed by atoms with Crippen molar-refractivity contribution in [2.24, 2.45) is 12.5 Å². The van der Waals surface area contributed by atoms with Crippen LogP contribution in [0.5, 0.6) is 0 Å². The number of alkyl halides is 3. The molecule has 1 aromatic heterocycles. The number of rotatable bonds is 3. The number of nitrogens with one attached hydrogen (secondary N) is 1. The third-order valence-electron chi connectivity index (χ3n) is 3.13. The van der Waals surface area contributed by atoms with E-state index >= 15 is 0 Å². The summed E-state index contributed by atoms with van der Waals surface area (Å²) in [7, 11) is -3.43. The van der Waals surface area contributed by atoms with E-state index in [1.165, 1.54) is 0 Å². The van der Waals surface area contributed by atoms with Crippen LogP contribution >= 0.6 is 0 Å². The number of aromatic nitrogens is 2. The van der Waals surface area contributed by atoms with Gasteiger partial charge in [0, 0.05) is 18.7 Å². The number of hydrogen-bond acceptors (Lipinski definition) is 4. The van der Waals surface area contributed by atoms with E-state index in [2.05, 4.69) is 5.10 Å². The molecule has 0 unspecified atom stereocenters. The first-order valence-corrected chi connectivity index (χ1v) is 7.12. The molecule has 1 heterocycles. The van der Waals surface area contributed by atoms with Crippen molar-refractivity contribution in [2.45, 2.75) is 30.8 Å². The lowest BCUT2D eigenvalue weighted by Gasteiger charge is -2.11. The molecule has 1 fully saturated rings. The van der Waals surface area contributed by atoms with Gasteiger partial charge in [0.05, 0.1) is 0 Å². The van der Waals surface area contributed by atoms with E-state index in [0.29, 0.717) is 19.0 Å². The van der Waals surface area contributed by atoms with Crippen molar-refractivity contribution in [1.29, 1.82) is 0 Å². The van der Waals surface area contributed by atoms with E-state index in [1.54, 1.807) is 11.6 Å². The predicted octanol–water partition coefficient (Wildman–Crippen LogP) is 1.04. The highest BCUT2D eigenvalue weighted by Gasteiger charge is 2.48. The summed E-state index contributed by atoms with van der Waals surface area (Å²) in [5.74, 6) is -0.797. The highest BCUT2D eigenvalue weighted by molar-refractivity contribution is 7.90. The molecule has 6 nitrogen and oxygen atoms in total. The van der Waals surface area contributed by atoms with Gasteiger partial charge in [0.2, 0.25) is 5.91 Å². The molecule has 0 radical (unpaired) electrons. The predicted molar refractivity (Wildman–Crippen MR) is 60.9 cm³/mol. The first kappa shape index (κ1) is 14.8. The Labute approximate surface area is 113 Å². The van der Waals surface area contributed by atoms with E-state index in [1.807, 2.05) is 0 Å². The summed E-state index contributed by atoms with van der Waals surface area (Å²) < 4.78 is 64.4. The number of nitrogens with zero attached hydrogens (tertiary/aromatic N) is 2. The molecule has 10 heteroatoms. The first-order chi connectivity index (χ1) is 8.96. The van der Waals surface area contributed by atoms with Crippen LogP contribution in [0.25, 0.3) is 0 Å². The van der Waals surface area contributed by atoms with Crippen LogP contribution in [-0.4, -0.2) is 24.1 Å². The summed E-state index contributed by atoms with van der Waals surface area (Å²) in [5.41, 5.74) is -2.35. The number of sulfonamides is 1. The molecular weight excluding hydrogens is 299 g/mol. The van der Waals surface area contributed by atoms with Gasteiger partial charge in [-0.05, 0) is 12.8 Å². The molecule has 0 aromatic carbocycles. The maximum atomic E-state index is 12.7. The third kappa shape index (κ3) is 2.65. The highest BCUT2D eigenvalue weighted by atomic mass is 32.2. The molecule has 112 valence electrons. The van der Waals surface area contributed by atoms with Crippen molar-refractivity contribution in [1.82, 2.24) is 14.5 Å². The van der Waals surface area contributed by atoms with Crippen LogP contribution in [0.15, 0.2) is 11.1 Å². The molecule has 1 amide bonds. The molecule has 0 aliphatic heterocycles. The van der Waals surface area contributed by atoms with Gasteiger partial charge >= 0.3 is 6.18 Å². The Kier molecular flexibility index (Phi) is 3.12. The third-order valence-corrected chi connectivity index (χ3v) is 4.46. The smallest absolute Gasteiger partial charge is 0.274 e. The molecule has 0 bridgehead atoms. The molecule has 1 saturated carbocycles. The summed E-state index contributed by atoms with van der Waals surface area (Å²) in [5, 5.41) is 3.09. The highest BCUT2D eigenvalue weighted by Crippen LogP contribution is 2.45. The number of halogens is 3. The van der Waals surface area contributed by atoms with E-state index < -0.39 is 38.1 Å². The zero-order valence-electron chi connectivity index (χ0n) is 10.7. The van der Waals surface area contributed by atoms with E-state index in [9.17, 15) is 26.4 Å². The van der Waals surface area contributed by atoms with Gasteiger partial charge in [-0.25, -0.2) is 13.1 Å². The lowest BCUT2D eigenvalue weighted by atomic mass is 10.1. The van der Waals surface area contributed by atoms with Crippen LogP contribution in [-0.2, 0) is 28.0 Å². The fourth-order valence-electron chi connectivity index (χ4n) is 1.57. The number of hydrogen-bond donors (Lipinski definition) is 1. The Hall–Kier alpha value is -1.58. The fraction of sp³-hybridized carbons (Fsp3) is 0.600. The van der Waals surface area contributed by atoms with Crippen LogP contribution in [0.3, 0.4) is 0 Å². The van der Waals surface area contributed by atoms with E-state index in [-0.39, 0.29) is 0 Å². The molecular formula is C10H12F3N3O3S. The molecule has 1 N–H and O–H groups in total. The fourth-order valence-corrected chi connectivity index (χ4v) is 2.88. The Bertz CT molecular complexity index is 659. The van der Waals surface area contributed by atoms with Crippen molar-refractivity contribution >= 4 is 15.9 Å². The van der Waals surface area contributed by atoms with Crippen molar-refractivity contribution in [3.63, 3.8) is 0 Å². The Morgan fingerprint density at radius 2 is 2.00 bits per heavy atom. The Morgan fingerprint density at radius 1 is 1.45 bits per heavy atom. The van der Waals surface area contributed by atoms with Crippen LogP contribution < -0.4 is 4.72 Å². The second-order valence-electron chi connectivity index (χ2n) is 5.01. The van der Waals surface area contributed by atoms with E-state index in [4.69, 9.17) is 0 Å². The van der Waals surface area contributed by atoms with Crippen LogP contribution in [0.1, 0.15) is 25.5 Å². The van der Waals surface area contributed by atoms with Crippen LogP contribution in [0.4, 0.5) is 13.2 Å². The van der Waals surface area contributed by atoms with Crippen LogP contribution in [0.2, 0.25) is 0 Å². The van der Waals surface area contributed by atoms with Gasteiger partial charge in [0.1, 0.15) is 4.90 Å².